The van der Waals surface area contributed by atoms with Gasteiger partial charge < -0.3 is 10.2 Å². The number of carbonyl (C=O) groups excluding carboxylic acids is 2. The minimum absolute atomic E-state index is 0.107. The van der Waals surface area contributed by atoms with Gasteiger partial charge in [0.25, 0.3) is 5.91 Å². The predicted octanol–water partition coefficient (Wildman–Crippen LogP) is 4.36. The highest BCUT2D eigenvalue weighted by Gasteiger charge is 2.32. The number of H-pyrrole nitrogens is 1. The highest BCUT2D eigenvalue weighted by atomic mass is 19.4. The predicted molar refractivity (Wildman–Crippen MR) is 119 cm³/mol. The minimum atomic E-state index is -4.41. The highest BCUT2D eigenvalue weighted by Crippen LogP contribution is 2.37. The average Bonchev–Trinajstić information content (AvgIpc) is 3.34. The maximum Gasteiger partial charge on any atom is 0.416 e. The molecule has 178 valence electrons. The van der Waals surface area contributed by atoms with Gasteiger partial charge in [-0.05, 0) is 49.1 Å². The van der Waals surface area contributed by atoms with Crippen molar-refractivity contribution in [3.8, 4) is 11.1 Å². The molecule has 1 saturated heterocycles. The van der Waals surface area contributed by atoms with Crippen LogP contribution < -0.4 is 5.32 Å². The number of nitrogens with zero attached hydrogens (tertiary/aromatic N) is 3. The van der Waals surface area contributed by atoms with Gasteiger partial charge in [0, 0.05) is 37.5 Å². The van der Waals surface area contributed by atoms with E-state index in [-0.39, 0.29) is 30.8 Å². The van der Waals surface area contributed by atoms with Gasteiger partial charge in [0.2, 0.25) is 5.91 Å². The first-order valence-corrected chi connectivity index (χ1v) is 11.0. The lowest BCUT2D eigenvalue weighted by Crippen LogP contribution is -2.40. The van der Waals surface area contributed by atoms with Gasteiger partial charge >= 0.3 is 6.18 Å². The third-order valence-corrected chi connectivity index (χ3v) is 5.90. The number of halogens is 3. The van der Waals surface area contributed by atoms with Crippen molar-refractivity contribution < 1.29 is 22.8 Å². The molecule has 0 bridgehead atoms. The lowest BCUT2D eigenvalue weighted by Gasteiger charge is -2.36. The van der Waals surface area contributed by atoms with Gasteiger partial charge in [-0.3, -0.25) is 19.7 Å². The second-order valence-electron chi connectivity index (χ2n) is 8.12. The molecule has 0 saturated carbocycles. The van der Waals surface area contributed by atoms with Crippen molar-refractivity contribution in [3.05, 3.63) is 71.8 Å². The van der Waals surface area contributed by atoms with E-state index < -0.39 is 11.7 Å². The number of aromatic amines is 1. The Labute approximate surface area is 194 Å². The molecule has 0 spiro atoms. The van der Waals surface area contributed by atoms with Crippen molar-refractivity contribution in [2.45, 2.75) is 37.9 Å². The molecule has 1 aliphatic rings. The lowest BCUT2D eigenvalue weighted by atomic mass is 9.94. The van der Waals surface area contributed by atoms with Gasteiger partial charge in [-0.1, -0.05) is 12.1 Å². The second kappa shape index (κ2) is 10.1. The smallest absolute Gasteiger partial charge is 0.351 e. The van der Waals surface area contributed by atoms with Gasteiger partial charge in [0.05, 0.1) is 29.1 Å². The minimum Gasteiger partial charge on any atom is -0.351 e. The number of pyridine rings is 1. The molecule has 34 heavy (non-hydrogen) atoms. The second-order valence-corrected chi connectivity index (χ2v) is 8.12. The molecule has 10 heteroatoms. The van der Waals surface area contributed by atoms with E-state index in [4.69, 9.17) is 0 Å². The molecule has 7 nitrogen and oxygen atoms in total. The number of benzene rings is 1. The summed E-state index contributed by atoms with van der Waals surface area (Å²) in [5.41, 5.74) is 1.67. The van der Waals surface area contributed by atoms with E-state index in [0.717, 1.165) is 25.0 Å². The number of hydrogen-bond donors (Lipinski definition) is 2. The fourth-order valence-corrected chi connectivity index (χ4v) is 4.17. The molecule has 1 unspecified atom stereocenters. The third kappa shape index (κ3) is 5.27. The van der Waals surface area contributed by atoms with Crippen molar-refractivity contribution in [2.24, 2.45) is 0 Å². The molecular formula is C24H24F3N5O2. The van der Waals surface area contributed by atoms with Gasteiger partial charge in [0.15, 0.2) is 0 Å². The zero-order valence-corrected chi connectivity index (χ0v) is 18.3. The Morgan fingerprint density at radius 1 is 1.12 bits per heavy atom. The Morgan fingerprint density at radius 3 is 2.62 bits per heavy atom. The van der Waals surface area contributed by atoms with Crippen LogP contribution >= 0.6 is 0 Å². The molecular weight excluding hydrogens is 447 g/mol. The molecule has 2 amide bonds. The molecule has 1 fully saturated rings. The van der Waals surface area contributed by atoms with Crippen LogP contribution in [0.2, 0.25) is 0 Å². The molecule has 1 aliphatic heterocycles. The lowest BCUT2D eigenvalue weighted by molar-refractivity contribution is -0.137. The third-order valence-electron chi connectivity index (χ3n) is 5.90. The molecule has 0 aliphatic carbocycles. The molecule has 3 heterocycles. The molecule has 0 radical (unpaired) electrons. The number of amides is 2. The summed E-state index contributed by atoms with van der Waals surface area (Å²) in [6.45, 7) is 0.746. The summed E-state index contributed by atoms with van der Waals surface area (Å²) >= 11 is 0. The Kier molecular flexibility index (Phi) is 6.95. The van der Waals surface area contributed by atoms with E-state index in [9.17, 15) is 22.8 Å². The van der Waals surface area contributed by atoms with Gasteiger partial charge in [-0.15, -0.1) is 0 Å². The van der Waals surface area contributed by atoms with E-state index in [0.29, 0.717) is 35.3 Å². The van der Waals surface area contributed by atoms with E-state index in [1.54, 1.807) is 29.4 Å². The number of likely N-dealkylation sites (tertiary alicyclic amines) is 1. The van der Waals surface area contributed by atoms with Crippen LogP contribution in [0.5, 0.6) is 0 Å². The van der Waals surface area contributed by atoms with Crippen LogP contribution in [0.15, 0.2) is 55.0 Å². The molecule has 3 aromatic rings. The number of rotatable bonds is 6. The number of alkyl halides is 3. The SMILES string of the molecule is O=C(NCCC(=O)N1CCCCC1c1[nH]ncc1-c1ccc(C(F)(F)F)cc1)c1cccnc1. The Hall–Kier alpha value is -3.69. The summed E-state index contributed by atoms with van der Waals surface area (Å²) < 4.78 is 38.8. The number of hydrogen-bond acceptors (Lipinski definition) is 4. The Balaban J connectivity index is 1.45. The largest absolute Gasteiger partial charge is 0.416 e. The molecule has 1 aromatic carbocycles. The van der Waals surface area contributed by atoms with E-state index >= 15 is 0 Å². The summed E-state index contributed by atoms with van der Waals surface area (Å²) in [5.74, 6) is -0.404. The number of piperidine rings is 1. The zero-order valence-electron chi connectivity index (χ0n) is 18.3. The fourth-order valence-electron chi connectivity index (χ4n) is 4.17. The molecule has 2 aromatic heterocycles. The van der Waals surface area contributed by atoms with Crippen LogP contribution in [0, 0.1) is 0 Å². The number of carbonyl (C=O) groups is 2. The zero-order chi connectivity index (χ0) is 24.1. The topological polar surface area (TPSA) is 91.0 Å². The average molecular weight is 471 g/mol. The van der Waals surface area contributed by atoms with Crippen molar-refractivity contribution in [1.29, 1.82) is 0 Å². The first kappa shape index (κ1) is 23.5. The maximum atomic E-state index is 13.0. The highest BCUT2D eigenvalue weighted by molar-refractivity contribution is 5.94. The van der Waals surface area contributed by atoms with Crippen LogP contribution in [-0.2, 0) is 11.0 Å². The normalized spacial score (nSPS) is 16.3. The van der Waals surface area contributed by atoms with Crippen LogP contribution in [0.25, 0.3) is 11.1 Å². The molecule has 2 N–H and O–H groups in total. The van der Waals surface area contributed by atoms with E-state index in [1.807, 2.05) is 0 Å². The fraction of sp³-hybridized carbons (Fsp3) is 0.333. The number of aromatic nitrogens is 3. The molecule has 1 atom stereocenters. The molecule has 4 rings (SSSR count). The maximum absolute atomic E-state index is 13.0. The van der Waals surface area contributed by atoms with E-state index in [2.05, 4.69) is 20.5 Å². The Morgan fingerprint density at radius 2 is 1.91 bits per heavy atom. The summed E-state index contributed by atoms with van der Waals surface area (Å²) in [6, 6.07) is 7.96. The summed E-state index contributed by atoms with van der Waals surface area (Å²) in [6.07, 6.45) is 2.81. The summed E-state index contributed by atoms with van der Waals surface area (Å²) in [7, 11) is 0. The van der Waals surface area contributed by atoms with Crippen LogP contribution in [0.4, 0.5) is 13.2 Å². The van der Waals surface area contributed by atoms with Gasteiger partial charge in [-0.25, -0.2) is 0 Å². The van der Waals surface area contributed by atoms with E-state index in [1.165, 1.54) is 18.3 Å². The van der Waals surface area contributed by atoms with Crippen molar-refractivity contribution in [3.63, 3.8) is 0 Å². The number of nitrogens with one attached hydrogen (secondary N) is 2. The standard InChI is InChI=1S/C24H24F3N5O2/c25-24(26,27)18-8-6-16(7-9-18)19-15-30-31-22(19)20-5-1-2-13-32(20)21(33)10-12-29-23(34)17-4-3-11-28-14-17/h3-4,6-9,11,14-15,20H,1-2,5,10,12-13H2,(H,29,34)(H,30,31). The van der Waals surface area contributed by atoms with Crippen LogP contribution in [0.1, 0.15) is 53.3 Å². The van der Waals surface area contributed by atoms with Gasteiger partial charge in [0.1, 0.15) is 0 Å². The summed E-state index contributed by atoms with van der Waals surface area (Å²) in [4.78, 5) is 30.9. The monoisotopic (exact) mass is 471 g/mol. The van der Waals surface area contributed by atoms with Crippen molar-refractivity contribution in [1.82, 2.24) is 25.4 Å². The van der Waals surface area contributed by atoms with Gasteiger partial charge in [-0.2, -0.15) is 18.3 Å². The quantitative estimate of drug-likeness (QED) is 0.559. The summed E-state index contributed by atoms with van der Waals surface area (Å²) in [5, 5.41) is 9.80. The van der Waals surface area contributed by atoms with Crippen molar-refractivity contribution >= 4 is 11.8 Å². The Bertz CT molecular complexity index is 1130. The first-order chi connectivity index (χ1) is 16.3. The van der Waals surface area contributed by atoms with Crippen molar-refractivity contribution in [2.75, 3.05) is 13.1 Å². The van der Waals surface area contributed by atoms with Crippen LogP contribution in [-0.4, -0.2) is 45.0 Å². The van der Waals surface area contributed by atoms with Crippen LogP contribution in [0.3, 0.4) is 0 Å². The first-order valence-electron chi connectivity index (χ1n) is 11.0.